The van der Waals surface area contributed by atoms with E-state index in [-0.39, 0.29) is 5.91 Å². The van der Waals surface area contributed by atoms with E-state index < -0.39 is 0 Å². The summed E-state index contributed by atoms with van der Waals surface area (Å²) in [6.07, 6.45) is 2.81. The molecule has 2 heterocycles. The smallest absolute Gasteiger partial charge is 0.246 e. The standard InChI is InChI=1S/C10H13IN2O/c1-2-10(14)13-8-4-12(11)5-9(13)7-3-6(7)8/h2,6-9H,1,3-5H2. The number of piperidine rings is 1. The predicted molar refractivity (Wildman–Crippen MR) is 61.8 cm³/mol. The average molecular weight is 304 g/mol. The maximum absolute atomic E-state index is 11.7. The van der Waals surface area contributed by atoms with Gasteiger partial charge in [-0.05, 0) is 24.3 Å². The number of hydrogen-bond donors (Lipinski definition) is 0. The highest BCUT2D eigenvalue weighted by atomic mass is 127. The Morgan fingerprint density at radius 2 is 1.93 bits per heavy atom. The summed E-state index contributed by atoms with van der Waals surface area (Å²) in [6, 6.07) is 0.947. The molecule has 2 saturated heterocycles. The van der Waals surface area contributed by atoms with Crippen molar-refractivity contribution in [1.82, 2.24) is 8.01 Å². The minimum Gasteiger partial charge on any atom is -0.330 e. The molecule has 3 fully saturated rings. The van der Waals surface area contributed by atoms with Crippen molar-refractivity contribution in [2.75, 3.05) is 13.1 Å². The zero-order chi connectivity index (χ0) is 9.87. The Labute approximate surface area is 97.6 Å². The summed E-state index contributed by atoms with van der Waals surface area (Å²) in [7, 11) is 0. The lowest BCUT2D eigenvalue weighted by atomic mass is 10.1. The number of rotatable bonds is 1. The van der Waals surface area contributed by atoms with Crippen molar-refractivity contribution in [3.8, 4) is 0 Å². The van der Waals surface area contributed by atoms with Crippen molar-refractivity contribution in [3.05, 3.63) is 12.7 Å². The Hall–Kier alpha value is -0.100. The molecule has 4 unspecified atom stereocenters. The van der Waals surface area contributed by atoms with Gasteiger partial charge in [0.15, 0.2) is 0 Å². The molecular formula is C10H13IN2O. The van der Waals surface area contributed by atoms with Crippen LogP contribution in [-0.2, 0) is 4.79 Å². The van der Waals surface area contributed by atoms with Crippen molar-refractivity contribution < 1.29 is 4.79 Å². The van der Waals surface area contributed by atoms with Gasteiger partial charge in [-0.15, -0.1) is 0 Å². The highest BCUT2D eigenvalue weighted by Crippen LogP contribution is 2.56. The zero-order valence-corrected chi connectivity index (χ0v) is 10.1. The summed E-state index contributed by atoms with van der Waals surface area (Å²) >= 11 is 2.37. The number of carbonyl (C=O) groups excluding carboxylic acids is 1. The van der Waals surface area contributed by atoms with Gasteiger partial charge in [0.25, 0.3) is 0 Å². The first-order chi connectivity index (χ1) is 6.72. The third-order valence-electron chi connectivity index (χ3n) is 3.79. The molecule has 3 nitrogen and oxygen atoms in total. The second-order valence-corrected chi connectivity index (χ2v) is 5.84. The Kier molecular flexibility index (Phi) is 1.93. The van der Waals surface area contributed by atoms with Gasteiger partial charge in [0.1, 0.15) is 0 Å². The molecule has 14 heavy (non-hydrogen) atoms. The van der Waals surface area contributed by atoms with E-state index in [1.807, 2.05) is 0 Å². The van der Waals surface area contributed by atoms with Gasteiger partial charge < -0.3 is 4.90 Å². The van der Waals surface area contributed by atoms with E-state index in [2.05, 4.69) is 37.5 Å². The molecule has 76 valence electrons. The molecule has 2 aliphatic heterocycles. The van der Waals surface area contributed by atoms with Crippen LogP contribution in [0.2, 0.25) is 0 Å². The molecule has 3 rings (SSSR count). The topological polar surface area (TPSA) is 23.6 Å². The van der Waals surface area contributed by atoms with Crippen molar-refractivity contribution in [2.24, 2.45) is 11.8 Å². The molecule has 0 N–H and O–H groups in total. The third kappa shape index (κ3) is 1.10. The van der Waals surface area contributed by atoms with Gasteiger partial charge in [-0.3, -0.25) is 4.79 Å². The fourth-order valence-electron chi connectivity index (χ4n) is 3.14. The Morgan fingerprint density at radius 1 is 1.36 bits per heavy atom. The van der Waals surface area contributed by atoms with Gasteiger partial charge in [0, 0.05) is 48.0 Å². The molecule has 1 saturated carbocycles. The molecular weight excluding hydrogens is 291 g/mol. The molecule has 0 aromatic heterocycles. The molecule has 4 atom stereocenters. The van der Waals surface area contributed by atoms with Crippen LogP contribution in [0.5, 0.6) is 0 Å². The molecule has 4 heteroatoms. The first-order valence-electron chi connectivity index (χ1n) is 5.08. The van der Waals surface area contributed by atoms with Crippen LogP contribution in [0.15, 0.2) is 12.7 Å². The number of nitrogens with zero attached hydrogens (tertiary/aromatic N) is 2. The first kappa shape index (κ1) is 9.15. The minimum atomic E-state index is 0.136. The lowest BCUT2D eigenvalue weighted by Crippen LogP contribution is -2.55. The molecule has 0 radical (unpaired) electrons. The van der Waals surface area contributed by atoms with Gasteiger partial charge >= 0.3 is 0 Å². The molecule has 1 amide bonds. The van der Waals surface area contributed by atoms with Crippen LogP contribution in [0.1, 0.15) is 6.42 Å². The molecule has 0 spiro atoms. The highest BCUT2D eigenvalue weighted by Gasteiger charge is 2.61. The monoisotopic (exact) mass is 304 g/mol. The predicted octanol–water partition coefficient (Wildman–Crippen LogP) is 1.05. The maximum atomic E-state index is 11.7. The molecule has 1 aliphatic carbocycles. The van der Waals surface area contributed by atoms with Crippen LogP contribution in [0.25, 0.3) is 0 Å². The lowest BCUT2D eigenvalue weighted by molar-refractivity contribution is -0.131. The maximum Gasteiger partial charge on any atom is 0.246 e. The highest BCUT2D eigenvalue weighted by molar-refractivity contribution is 14.1. The van der Waals surface area contributed by atoms with E-state index in [4.69, 9.17) is 0 Å². The summed E-state index contributed by atoms with van der Waals surface area (Å²) in [5.41, 5.74) is 0. The van der Waals surface area contributed by atoms with Crippen molar-refractivity contribution >= 4 is 28.8 Å². The van der Waals surface area contributed by atoms with E-state index in [1.165, 1.54) is 12.5 Å². The van der Waals surface area contributed by atoms with Crippen molar-refractivity contribution in [1.29, 1.82) is 0 Å². The van der Waals surface area contributed by atoms with E-state index in [9.17, 15) is 4.79 Å². The van der Waals surface area contributed by atoms with Crippen LogP contribution in [-0.4, -0.2) is 39.1 Å². The van der Waals surface area contributed by atoms with Crippen LogP contribution >= 0.6 is 22.9 Å². The summed E-state index contributed by atoms with van der Waals surface area (Å²) in [4.78, 5) is 13.8. The normalized spacial score (nSPS) is 44.8. The van der Waals surface area contributed by atoms with Gasteiger partial charge in [-0.1, -0.05) is 6.58 Å². The summed E-state index contributed by atoms with van der Waals surface area (Å²) < 4.78 is 2.33. The summed E-state index contributed by atoms with van der Waals surface area (Å²) in [5, 5.41) is 0. The Balaban J connectivity index is 1.88. The first-order valence-corrected chi connectivity index (χ1v) is 6.04. The number of carbonyl (C=O) groups is 1. The fraction of sp³-hybridized carbons (Fsp3) is 0.700. The van der Waals surface area contributed by atoms with Crippen LogP contribution < -0.4 is 0 Å². The largest absolute Gasteiger partial charge is 0.330 e. The van der Waals surface area contributed by atoms with Crippen LogP contribution in [0.4, 0.5) is 0 Å². The molecule has 2 bridgehead atoms. The number of amides is 1. The molecule has 0 aromatic rings. The van der Waals surface area contributed by atoms with E-state index in [0.29, 0.717) is 12.1 Å². The number of hydrogen-bond acceptors (Lipinski definition) is 2. The zero-order valence-electron chi connectivity index (χ0n) is 7.90. The Bertz CT molecular complexity index is 288. The SMILES string of the molecule is C=CC(=O)N1C2CN(I)CC1C1CC12. The second-order valence-electron chi connectivity index (χ2n) is 4.48. The van der Waals surface area contributed by atoms with Gasteiger partial charge in [0.2, 0.25) is 5.91 Å². The number of fused-ring (bicyclic) bond motifs is 5. The lowest BCUT2D eigenvalue weighted by Gasteiger charge is -2.40. The second kappa shape index (κ2) is 2.95. The van der Waals surface area contributed by atoms with Gasteiger partial charge in [0.05, 0.1) is 0 Å². The van der Waals surface area contributed by atoms with E-state index >= 15 is 0 Å². The summed E-state index contributed by atoms with van der Waals surface area (Å²) in [6.45, 7) is 5.66. The van der Waals surface area contributed by atoms with Gasteiger partial charge in [-0.2, -0.15) is 0 Å². The van der Waals surface area contributed by atoms with Crippen LogP contribution in [0.3, 0.4) is 0 Å². The Morgan fingerprint density at radius 3 is 2.43 bits per heavy atom. The molecule has 0 aromatic carbocycles. The molecule has 3 aliphatic rings. The number of halogens is 1. The van der Waals surface area contributed by atoms with E-state index in [1.54, 1.807) is 0 Å². The van der Waals surface area contributed by atoms with E-state index in [0.717, 1.165) is 24.9 Å². The minimum absolute atomic E-state index is 0.136. The van der Waals surface area contributed by atoms with Crippen LogP contribution in [0, 0.1) is 11.8 Å². The van der Waals surface area contributed by atoms with Crippen molar-refractivity contribution in [2.45, 2.75) is 18.5 Å². The fourth-order valence-corrected chi connectivity index (χ4v) is 3.95. The van der Waals surface area contributed by atoms with Crippen molar-refractivity contribution in [3.63, 3.8) is 0 Å². The average Bonchev–Trinajstić information content (AvgIpc) is 2.90. The van der Waals surface area contributed by atoms with Gasteiger partial charge in [-0.25, -0.2) is 3.11 Å². The number of piperazine rings is 1. The third-order valence-corrected chi connectivity index (χ3v) is 4.58. The summed E-state index contributed by atoms with van der Waals surface area (Å²) in [5.74, 6) is 1.73. The quantitative estimate of drug-likeness (QED) is 0.411.